The van der Waals surface area contributed by atoms with E-state index >= 15 is 0 Å². The highest BCUT2D eigenvalue weighted by Crippen LogP contribution is 2.35. The molecule has 0 N–H and O–H groups in total. The Morgan fingerprint density at radius 3 is 2.44 bits per heavy atom. The highest BCUT2D eigenvalue weighted by atomic mass is 32.1. The maximum absolute atomic E-state index is 13.2. The molecule has 2 aromatic carbocycles. The number of benzene rings is 2. The molecule has 0 saturated carbocycles. The first-order chi connectivity index (χ1) is 15.1. The summed E-state index contributed by atoms with van der Waals surface area (Å²) < 4.78 is 0. The van der Waals surface area contributed by atoms with Gasteiger partial charge in [0.05, 0.1) is 27.6 Å². The zero-order valence-electron chi connectivity index (χ0n) is 20.2. The molecule has 0 aliphatic carbocycles. The summed E-state index contributed by atoms with van der Waals surface area (Å²) in [5.74, 6) is 0.137. The van der Waals surface area contributed by atoms with E-state index in [0.717, 1.165) is 38.9 Å². The normalized spacial score (nSPS) is 11.8. The number of thiazole rings is 1. The van der Waals surface area contributed by atoms with Crippen molar-refractivity contribution in [2.45, 2.75) is 48.0 Å². The maximum Gasteiger partial charge on any atom is 0.180 e. The van der Waals surface area contributed by atoms with Crippen molar-refractivity contribution in [3.8, 4) is 11.3 Å². The Kier molecular flexibility index (Phi) is 7.29. The topological polar surface area (TPSA) is 45.6 Å². The van der Waals surface area contributed by atoms with Crippen LogP contribution in [0.5, 0.6) is 0 Å². The fourth-order valence-electron chi connectivity index (χ4n) is 3.32. The van der Waals surface area contributed by atoms with Gasteiger partial charge in [0.1, 0.15) is 0 Å². The predicted octanol–water partition coefficient (Wildman–Crippen LogP) is 6.86. The first-order valence-corrected chi connectivity index (χ1v) is 11.9. The minimum absolute atomic E-state index is 0.137. The summed E-state index contributed by atoms with van der Waals surface area (Å²) in [7, 11) is 2.02. The van der Waals surface area contributed by atoms with Crippen LogP contribution in [0.2, 0.25) is 0 Å². The van der Waals surface area contributed by atoms with Crippen molar-refractivity contribution in [2.75, 3.05) is 13.6 Å². The molecule has 1 aromatic heterocycles. The van der Waals surface area contributed by atoms with Crippen molar-refractivity contribution >= 4 is 29.1 Å². The van der Waals surface area contributed by atoms with E-state index in [1.54, 1.807) is 0 Å². The Hall–Kier alpha value is -2.79. The molecule has 0 spiro atoms. The predicted molar refractivity (Wildman–Crippen MR) is 137 cm³/mol. The summed E-state index contributed by atoms with van der Waals surface area (Å²) in [5.41, 5.74) is 5.85. The highest BCUT2D eigenvalue weighted by Gasteiger charge is 2.29. The lowest BCUT2D eigenvalue weighted by Gasteiger charge is -2.15. The number of carbonyl (C=O) groups excluding carboxylic acids is 1. The second-order valence-corrected chi connectivity index (χ2v) is 10.4. The van der Waals surface area contributed by atoms with E-state index in [2.05, 4.69) is 42.8 Å². The number of ketones is 1. The van der Waals surface area contributed by atoms with Gasteiger partial charge in [-0.05, 0) is 43.5 Å². The Labute approximate surface area is 196 Å². The van der Waals surface area contributed by atoms with Crippen LogP contribution in [0, 0.1) is 19.3 Å². The molecule has 168 valence electrons. The number of aliphatic imine (C=N–C) groups is 1. The Balaban J connectivity index is 1.97. The summed E-state index contributed by atoms with van der Waals surface area (Å²) in [6.07, 6.45) is 2.58. The van der Waals surface area contributed by atoms with Crippen molar-refractivity contribution in [1.29, 1.82) is 0 Å². The lowest BCUT2D eigenvalue weighted by Crippen LogP contribution is -2.19. The second-order valence-electron chi connectivity index (χ2n) is 9.29. The molecule has 32 heavy (non-hydrogen) atoms. The molecule has 5 heteroatoms. The van der Waals surface area contributed by atoms with Crippen molar-refractivity contribution in [2.24, 2.45) is 10.4 Å². The van der Waals surface area contributed by atoms with Gasteiger partial charge in [0.2, 0.25) is 0 Å². The van der Waals surface area contributed by atoms with Gasteiger partial charge in [0, 0.05) is 31.0 Å². The van der Waals surface area contributed by atoms with Crippen LogP contribution in [0.25, 0.3) is 11.3 Å². The van der Waals surface area contributed by atoms with E-state index in [9.17, 15) is 4.79 Å². The molecular formula is C27H33N3OS. The minimum Gasteiger partial charge on any atom is -0.366 e. The van der Waals surface area contributed by atoms with Gasteiger partial charge in [-0.25, -0.2) is 9.98 Å². The monoisotopic (exact) mass is 447 g/mol. The van der Waals surface area contributed by atoms with Crippen molar-refractivity contribution < 1.29 is 4.79 Å². The van der Waals surface area contributed by atoms with Gasteiger partial charge < -0.3 is 4.90 Å². The summed E-state index contributed by atoms with van der Waals surface area (Å²) >= 11 is 1.52. The quantitative estimate of drug-likeness (QED) is 0.226. The number of carbonyl (C=O) groups is 1. The molecular weight excluding hydrogens is 414 g/mol. The molecule has 3 rings (SSSR count). The van der Waals surface area contributed by atoms with Crippen LogP contribution in [-0.4, -0.2) is 35.6 Å². The van der Waals surface area contributed by atoms with Crippen molar-refractivity contribution in [1.82, 2.24) is 9.88 Å². The van der Waals surface area contributed by atoms with Gasteiger partial charge in [-0.2, -0.15) is 0 Å². The van der Waals surface area contributed by atoms with E-state index in [1.807, 2.05) is 64.5 Å². The average Bonchev–Trinajstić information content (AvgIpc) is 3.17. The number of nitrogens with zero attached hydrogens (tertiary/aromatic N) is 3. The number of rotatable bonds is 7. The van der Waals surface area contributed by atoms with Crippen molar-refractivity contribution in [3.05, 3.63) is 69.0 Å². The minimum atomic E-state index is -0.453. The fraction of sp³-hybridized carbons (Fsp3) is 0.370. The highest BCUT2D eigenvalue weighted by molar-refractivity contribution is 7.14. The maximum atomic E-state index is 13.2. The Morgan fingerprint density at radius 2 is 1.81 bits per heavy atom. The van der Waals surface area contributed by atoms with Crippen molar-refractivity contribution in [3.63, 3.8) is 0 Å². The van der Waals surface area contributed by atoms with E-state index in [0.29, 0.717) is 6.42 Å². The first kappa shape index (κ1) is 23.9. The van der Waals surface area contributed by atoms with E-state index < -0.39 is 5.41 Å². The molecule has 0 saturated heterocycles. The standard InChI is InChI=1S/C27H33N3OS/c1-8-30(7)17-28-22-15-18(2)21(14-19(22)3)16-23-29-24(20-12-10-9-11-13-20)25(32-23)26(31)27(4,5)6/h9-15,17H,8,16H2,1-7H3/b28-17+. The average molecular weight is 448 g/mol. The van der Waals surface area contributed by atoms with Crippen LogP contribution in [-0.2, 0) is 6.42 Å². The summed E-state index contributed by atoms with van der Waals surface area (Å²) in [6.45, 7) is 13.1. The zero-order chi connectivity index (χ0) is 23.5. The van der Waals surface area contributed by atoms with Crippen LogP contribution in [0.3, 0.4) is 0 Å². The smallest absolute Gasteiger partial charge is 0.180 e. The third-order valence-corrected chi connectivity index (χ3v) is 6.55. The summed E-state index contributed by atoms with van der Waals surface area (Å²) in [5, 5.41) is 0.959. The number of aromatic nitrogens is 1. The molecule has 1 heterocycles. The van der Waals surface area contributed by atoms with Gasteiger partial charge in [-0.1, -0.05) is 57.2 Å². The number of hydrogen-bond acceptors (Lipinski definition) is 4. The van der Waals surface area contributed by atoms with Crippen LogP contribution < -0.4 is 0 Å². The molecule has 0 bridgehead atoms. The van der Waals surface area contributed by atoms with Crippen LogP contribution in [0.4, 0.5) is 5.69 Å². The Morgan fingerprint density at radius 1 is 1.12 bits per heavy atom. The molecule has 0 amide bonds. The zero-order valence-corrected chi connectivity index (χ0v) is 21.0. The molecule has 0 fully saturated rings. The van der Waals surface area contributed by atoms with Gasteiger partial charge in [-0.3, -0.25) is 4.79 Å². The van der Waals surface area contributed by atoms with Gasteiger partial charge in [-0.15, -0.1) is 11.3 Å². The number of hydrogen-bond donors (Lipinski definition) is 0. The molecule has 4 nitrogen and oxygen atoms in total. The van der Waals surface area contributed by atoms with Crippen LogP contribution in [0.15, 0.2) is 47.5 Å². The molecule has 0 atom stereocenters. The molecule has 0 unspecified atom stereocenters. The molecule has 0 aliphatic rings. The summed E-state index contributed by atoms with van der Waals surface area (Å²) in [6, 6.07) is 14.3. The van der Waals surface area contributed by atoms with Crippen LogP contribution in [0.1, 0.15) is 59.1 Å². The number of aryl methyl sites for hydroxylation is 2. The Bertz CT molecular complexity index is 1120. The SMILES string of the molecule is CCN(C)/C=N/c1cc(C)c(Cc2nc(-c3ccccc3)c(C(=O)C(C)(C)C)s2)cc1C. The van der Waals surface area contributed by atoms with E-state index in [-0.39, 0.29) is 5.78 Å². The molecule has 0 radical (unpaired) electrons. The number of Topliss-reactive ketones (excluding diaryl/α,β-unsaturated/α-hetero) is 1. The fourth-order valence-corrected chi connectivity index (χ4v) is 4.58. The largest absolute Gasteiger partial charge is 0.366 e. The van der Waals surface area contributed by atoms with Gasteiger partial charge >= 0.3 is 0 Å². The van der Waals surface area contributed by atoms with Gasteiger partial charge in [0.25, 0.3) is 0 Å². The molecule has 3 aromatic rings. The third kappa shape index (κ3) is 5.52. The summed E-state index contributed by atoms with van der Waals surface area (Å²) in [4.78, 5) is 25.6. The lowest BCUT2D eigenvalue weighted by atomic mass is 9.89. The lowest BCUT2D eigenvalue weighted by molar-refractivity contribution is 0.0863. The van der Waals surface area contributed by atoms with E-state index in [4.69, 9.17) is 4.98 Å². The second kappa shape index (κ2) is 9.78. The van der Waals surface area contributed by atoms with E-state index in [1.165, 1.54) is 22.5 Å². The first-order valence-electron chi connectivity index (χ1n) is 11.0. The third-order valence-electron chi connectivity index (χ3n) is 5.50. The van der Waals surface area contributed by atoms with Gasteiger partial charge in [0.15, 0.2) is 5.78 Å². The van der Waals surface area contributed by atoms with Crippen LogP contribution >= 0.6 is 11.3 Å². The molecule has 0 aliphatic heterocycles.